The van der Waals surface area contributed by atoms with Crippen LogP contribution in [0, 0.1) is 13.8 Å². The highest BCUT2D eigenvalue weighted by atomic mass is 32.2. The molecule has 1 fully saturated rings. The zero-order chi connectivity index (χ0) is 14.9. The smallest absolute Gasteiger partial charge is 0.271 e. The number of aromatic amines is 1. The lowest BCUT2D eigenvalue weighted by molar-refractivity contribution is 0.0714. The highest BCUT2D eigenvalue weighted by Crippen LogP contribution is 2.21. The molecule has 1 aliphatic heterocycles. The van der Waals surface area contributed by atoms with Gasteiger partial charge >= 0.3 is 0 Å². The van der Waals surface area contributed by atoms with Crippen LogP contribution in [0.15, 0.2) is 18.7 Å². The minimum atomic E-state index is -3.02. The average Bonchev–Trinajstić information content (AvgIpc) is 2.88. The molecule has 1 aromatic rings. The van der Waals surface area contributed by atoms with E-state index >= 15 is 0 Å². The molecule has 5 nitrogen and oxygen atoms in total. The number of carbonyl (C=O) groups excluding carboxylic acids is 1. The van der Waals surface area contributed by atoms with E-state index in [9.17, 15) is 13.2 Å². The number of nitrogens with one attached hydrogen (secondary N) is 1. The highest BCUT2D eigenvalue weighted by Gasteiger charge is 2.35. The van der Waals surface area contributed by atoms with Crippen molar-refractivity contribution < 1.29 is 13.2 Å². The van der Waals surface area contributed by atoms with Gasteiger partial charge in [-0.15, -0.1) is 6.58 Å². The number of sulfone groups is 1. The quantitative estimate of drug-likeness (QED) is 0.855. The van der Waals surface area contributed by atoms with Crippen molar-refractivity contribution in [2.24, 2.45) is 0 Å². The van der Waals surface area contributed by atoms with Gasteiger partial charge in [0.25, 0.3) is 5.91 Å². The van der Waals surface area contributed by atoms with Gasteiger partial charge in [-0.1, -0.05) is 6.08 Å². The zero-order valence-electron chi connectivity index (χ0n) is 11.8. The molecule has 1 amide bonds. The largest absolute Gasteiger partial charge is 0.354 e. The molecule has 1 N–H and O–H groups in total. The fourth-order valence-corrected chi connectivity index (χ4v) is 4.38. The molecule has 0 bridgehead atoms. The Balaban J connectivity index is 2.27. The van der Waals surface area contributed by atoms with Crippen molar-refractivity contribution in [2.45, 2.75) is 26.3 Å². The van der Waals surface area contributed by atoms with Gasteiger partial charge in [0.2, 0.25) is 0 Å². The maximum atomic E-state index is 12.6. The number of aromatic nitrogens is 1. The molecule has 1 aromatic heterocycles. The number of hydrogen-bond donors (Lipinski definition) is 1. The normalized spacial score (nSPS) is 20.8. The van der Waals surface area contributed by atoms with Crippen molar-refractivity contribution in [3.05, 3.63) is 35.7 Å². The third-order valence-electron chi connectivity index (χ3n) is 3.60. The Morgan fingerprint density at radius 1 is 1.55 bits per heavy atom. The molecular weight excluding hydrogens is 276 g/mol. The summed E-state index contributed by atoms with van der Waals surface area (Å²) < 4.78 is 23.2. The Bertz CT molecular complexity index is 631. The topological polar surface area (TPSA) is 70.2 Å². The van der Waals surface area contributed by atoms with E-state index in [1.807, 2.05) is 19.9 Å². The van der Waals surface area contributed by atoms with Crippen molar-refractivity contribution in [1.29, 1.82) is 0 Å². The van der Waals surface area contributed by atoms with Gasteiger partial charge < -0.3 is 9.88 Å². The molecule has 1 unspecified atom stereocenters. The number of aryl methyl sites for hydroxylation is 2. The van der Waals surface area contributed by atoms with E-state index < -0.39 is 9.84 Å². The Labute approximate surface area is 119 Å². The summed E-state index contributed by atoms with van der Waals surface area (Å²) in [6, 6.07) is 1.65. The highest BCUT2D eigenvalue weighted by molar-refractivity contribution is 7.91. The molecule has 0 radical (unpaired) electrons. The van der Waals surface area contributed by atoms with Crippen LogP contribution >= 0.6 is 0 Å². The molecule has 0 aliphatic carbocycles. The second-order valence-electron chi connectivity index (χ2n) is 5.31. The van der Waals surface area contributed by atoms with E-state index in [1.54, 1.807) is 11.0 Å². The van der Waals surface area contributed by atoms with Crippen LogP contribution in [0.25, 0.3) is 0 Å². The maximum absolute atomic E-state index is 12.6. The van der Waals surface area contributed by atoms with E-state index in [1.165, 1.54) is 0 Å². The third kappa shape index (κ3) is 2.95. The summed E-state index contributed by atoms with van der Waals surface area (Å²) in [5.41, 5.74) is 2.33. The second-order valence-corrected chi connectivity index (χ2v) is 7.54. The average molecular weight is 296 g/mol. The van der Waals surface area contributed by atoms with E-state index in [4.69, 9.17) is 0 Å². The summed E-state index contributed by atoms with van der Waals surface area (Å²) >= 11 is 0. The van der Waals surface area contributed by atoms with Crippen LogP contribution < -0.4 is 0 Å². The first-order chi connectivity index (χ1) is 9.34. The maximum Gasteiger partial charge on any atom is 0.271 e. The van der Waals surface area contributed by atoms with Crippen molar-refractivity contribution >= 4 is 15.7 Å². The van der Waals surface area contributed by atoms with Gasteiger partial charge in [0.15, 0.2) is 9.84 Å². The molecule has 0 aromatic carbocycles. The lowest BCUT2D eigenvalue weighted by Crippen LogP contribution is -2.41. The monoisotopic (exact) mass is 296 g/mol. The van der Waals surface area contributed by atoms with Crippen LogP contribution in [0.1, 0.15) is 28.2 Å². The van der Waals surface area contributed by atoms with Gasteiger partial charge in [-0.25, -0.2) is 8.42 Å². The molecule has 0 saturated carbocycles. The lowest BCUT2D eigenvalue weighted by atomic mass is 10.1. The number of rotatable bonds is 4. The number of H-pyrrole nitrogens is 1. The Hall–Kier alpha value is -1.56. The lowest BCUT2D eigenvalue weighted by Gasteiger charge is -2.26. The van der Waals surface area contributed by atoms with Crippen LogP contribution in [0.2, 0.25) is 0 Å². The fraction of sp³-hybridized carbons (Fsp3) is 0.500. The van der Waals surface area contributed by atoms with Gasteiger partial charge in [0.05, 0.1) is 11.5 Å². The predicted molar refractivity (Wildman–Crippen MR) is 78.6 cm³/mol. The Morgan fingerprint density at radius 2 is 2.25 bits per heavy atom. The van der Waals surface area contributed by atoms with Gasteiger partial charge in [0, 0.05) is 18.3 Å². The molecule has 1 atom stereocenters. The van der Waals surface area contributed by atoms with Crippen LogP contribution in [0.4, 0.5) is 0 Å². The molecule has 2 rings (SSSR count). The first kappa shape index (κ1) is 14.8. The molecule has 6 heteroatoms. The third-order valence-corrected chi connectivity index (χ3v) is 5.35. The summed E-state index contributed by atoms with van der Waals surface area (Å²) in [5, 5.41) is 0. The summed E-state index contributed by atoms with van der Waals surface area (Å²) in [4.78, 5) is 17.3. The van der Waals surface area contributed by atoms with Crippen LogP contribution in [0.3, 0.4) is 0 Å². The summed E-state index contributed by atoms with van der Waals surface area (Å²) in [5.74, 6) is 0.0460. The van der Waals surface area contributed by atoms with E-state index in [-0.39, 0.29) is 23.5 Å². The second kappa shape index (κ2) is 5.44. The number of hydrogen-bond acceptors (Lipinski definition) is 3. The van der Waals surface area contributed by atoms with Crippen LogP contribution in [-0.2, 0) is 9.84 Å². The van der Waals surface area contributed by atoms with Gasteiger partial charge in [0.1, 0.15) is 5.69 Å². The molecular formula is C14H20N2O3S. The number of nitrogens with zero attached hydrogens (tertiary/aromatic N) is 1. The predicted octanol–water partition coefficient (Wildman–Crippen LogP) is 1.45. The minimum Gasteiger partial charge on any atom is -0.354 e. The minimum absolute atomic E-state index is 0.0469. The van der Waals surface area contributed by atoms with Crippen molar-refractivity contribution in [3.8, 4) is 0 Å². The number of amides is 1. The summed E-state index contributed by atoms with van der Waals surface area (Å²) in [7, 11) is -3.02. The fourth-order valence-electron chi connectivity index (χ4n) is 2.65. The van der Waals surface area contributed by atoms with Crippen molar-refractivity contribution in [3.63, 3.8) is 0 Å². The summed E-state index contributed by atoms with van der Waals surface area (Å²) in [6.07, 6.45) is 2.13. The molecule has 1 saturated heterocycles. The van der Waals surface area contributed by atoms with E-state index in [0.717, 1.165) is 11.3 Å². The SMILES string of the molecule is C=CCN(C(=O)c1[nH]c(C)cc1C)C1CCS(=O)(=O)C1. The van der Waals surface area contributed by atoms with Crippen LogP contribution in [-0.4, -0.2) is 48.3 Å². The zero-order valence-corrected chi connectivity index (χ0v) is 12.7. The first-order valence-corrected chi connectivity index (χ1v) is 8.44. The van der Waals surface area contributed by atoms with Crippen LogP contribution in [0.5, 0.6) is 0 Å². The molecule has 110 valence electrons. The standard InChI is InChI=1S/C14H20N2O3S/c1-4-6-16(12-5-7-20(18,19)9-12)14(17)13-10(2)8-11(3)15-13/h4,8,12,15H,1,5-7,9H2,2-3H3. The van der Waals surface area contributed by atoms with Gasteiger partial charge in [-0.2, -0.15) is 0 Å². The van der Waals surface area contributed by atoms with Gasteiger partial charge in [-0.3, -0.25) is 4.79 Å². The Kier molecular flexibility index (Phi) is 4.04. The number of carbonyl (C=O) groups is 1. The van der Waals surface area contributed by atoms with Crippen molar-refractivity contribution in [1.82, 2.24) is 9.88 Å². The van der Waals surface area contributed by atoms with E-state index in [2.05, 4.69) is 11.6 Å². The van der Waals surface area contributed by atoms with Gasteiger partial charge in [-0.05, 0) is 31.9 Å². The molecule has 2 heterocycles. The molecule has 20 heavy (non-hydrogen) atoms. The molecule has 1 aliphatic rings. The Morgan fingerprint density at radius 3 is 2.70 bits per heavy atom. The van der Waals surface area contributed by atoms with E-state index in [0.29, 0.717) is 18.7 Å². The first-order valence-electron chi connectivity index (χ1n) is 6.62. The van der Waals surface area contributed by atoms with Crippen molar-refractivity contribution in [2.75, 3.05) is 18.1 Å². The molecule has 0 spiro atoms. The summed E-state index contributed by atoms with van der Waals surface area (Å²) in [6.45, 7) is 7.78.